The average molecular weight is 236 g/mol. The number of anilines is 1. The van der Waals surface area contributed by atoms with Crippen molar-refractivity contribution < 1.29 is 5.21 Å². The number of nitrogens with zero attached hydrogens (tertiary/aromatic N) is 5. The van der Waals surface area contributed by atoms with Crippen LogP contribution in [-0.4, -0.2) is 58.6 Å². The highest BCUT2D eigenvalue weighted by atomic mass is 16.4. The molecule has 0 saturated carbocycles. The molecule has 1 aromatic heterocycles. The van der Waals surface area contributed by atoms with Crippen molar-refractivity contribution in [1.82, 2.24) is 14.9 Å². The summed E-state index contributed by atoms with van der Waals surface area (Å²) in [4.78, 5) is 12.5. The topological polar surface area (TPSA) is 90.9 Å². The first-order valence-corrected chi connectivity index (χ1v) is 5.49. The minimum atomic E-state index is 0.250. The van der Waals surface area contributed by atoms with Gasteiger partial charge < -0.3 is 15.8 Å². The van der Waals surface area contributed by atoms with E-state index < -0.39 is 0 Å². The third-order valence-electron chi connectivity index (χ3n) is 2.78. The molecule has 2 rings (SSSR count). The molecule has 0 atom stereocenters. The molecule has 1 aromatic rings. The molecule has 1 saturated heterocycles. The summed E-state index contributed by atoms with van der Waals surface area (Å²) in [6, 6.07) is 1.90. The largest absolute Gasteiger partial charge is 0.409 e. The number of hydrogen-bond donors (Lipinski definition) is 2. The lowest BCUT2D eigenvalue weighted by Gasteiger charge is -2.34. The van der Waals surface area contributed by atoms with E-state index in [-0.39, 0.29) is 5.84 Å². The number of piperazine rings is 1. The van der Waals surface area contributed by atoms with Crippen LogP contribution in [0.2, 0.25) is 0 Å². The van der Waals surface area contributed by atoms with Gasteiger partial charge >= 0.3 is 0 Å². The van der Waals surface area contributed by atoms with E-state index in [1.54, 1.807) is 12.5 Å². The zero-order valence-corrected chi connectivity index (χ0v) is 9.53. The van der Waals surface area contributed by atoms with Crippen LogP contribution < -0.4 is 10.6 Å². The van der Waals surface area contributed by atoms with Gasteiger partial charge in [-0.25, -0.2) is 9.97 Å². The summed E-state index contributed by atoms with van der Waals surface area (Å²) in [6.45, 7) is 4.03. The maximum absolute atomic E-state index is 8.50. The van der Waals surface area contributed by atoms with Crippen molar-refractivity contribution in [2.24, 2.45) is 10.9 Å². The van der Waals surface area contributed by atoms with E-state index >= 15 is 0 Å². The Balaban J connectivity index is 1.86. The maximum Gasteiger partial charge on any atom is 0.153 e. The van der Waals surface area contributed by atoms with Crippen molar-refractivity contribution in [3.63, 3.8) is 0 Å². The Kier molecular flexibility index (Phi) is 3.71. The molecule has 1 aliphatic rings. The fourth-order valence-electron chi connectivity index (χ4n) is 1.87. The van der Waals surface area contributed by atoms with Crippen LogP contribution in [0.3, 0.4) is 0 Å². The fraction of sp³-hybridized carbons (Fsp3) is 0.500. The van der Waals surface area contributed by atoms with Gasteiger partial charge in [-0.15, -0.1) is 0 Å². The van der Waals surface area contributed by atoms with Gasteiger partial charge in [-0.05, 0) is 6.07 Å². The van der Waals surface area contributed by atoms with Crippen LogP contribution in [0.5, 0.6) is 0 Å². The van der Waals surface area contributed by atoms with Crippen molar-refractivity contribution in [3.8, 4) is 0 Å². The van der Waals surface area contributed by atoms with Gasteiger partial charge in [0, 0.05) is 32.4 Å². The van der Waals surface area contributed by atoms with Crippen LogP contribution in [-0.2, 0) is 0 Å². The zero-order chi connectivity index (χ0) is 12.1. The second-order valence-corrected chi connectivity index (χ2v) is 3.92. The van der Waals surface area contributed by atoms with Crippen LogP contribution >= 0.6 is 0 Å². The van der Waals surface area contributed by atoms with Crippen LogP contribution in [0.1, 0.15) is 0 Å². The second kappa shape index (κ2) is 5.44. The molecular weight excluding hydrogens is 220 g/mol. The number of nitrogens with two attached hydrogens (primary N) is 1. The summed E-state index contributed by atoms with van der Waals surface area (Å²) < 4.78 is 0. The number of amidine groups is 1. The Bertz CT molecular complexity index is 374. The van der Waals surface area contributed by atoms with Gasteiger partial charge in [0.2, 0.25) is 0 Å². The molecule has 0 bridgehead atoms. The smallest absolute Gasteiger partial charge is 0.153 e. The molecular formula is C10H16N6O. The van der Waals surface area contributed by atoms with Gasteiger partial charge in [-0.3, -0.25) is 4.90 Å². The first kappa shape index (κ1) is 11.6. The predicted molar refractivity (Wildman–Crippen MR) is 64.1 cm³/mol. The van der Waals surface area contributed by atoms with Crippen molar-refractivity contribution in [2.45, 2.75) is 0 Å². The Hall–Kier alpha value is -1.89. The Morgan fingerprint density at radius 3 is 2.76 bits per heavy atom. The van der Waals surface area contributed by atoms with Gasteiger partial charge in [0.1, 0.15) is 12.1 Å². The molecule has 7 heteroatoms. The highest BCUT2D eigenvalue weighted by molar-refractivity contribution is 5.81. The van der Waals surface area contributed by atoms with Crippen LogP contribution in [0, 0.1) is 0 Å². The quantitative estimate of drug-likeness (QED) is 0.313. The van der Waals surface area contributed by atoms with E-state index in [0.717, 1.165) is 32.0 Å². The molecule has 7 nitrogen and oxygen atoms in total. The third kappa shape index (κ3) is 3.04. The molecule has 92 valence electrons. The number of hydrogen-bond acceptors (Lipinski definition) is 6. The molecule has 0 spiro atoms. The number of rotatable bonds is 3. The lowest BCUT2D eigenvalue weighted by molar-refractivity contribution is 0.278. The highest BCUT2D eigenvalue weighted by Gasteiger charge is 2.18. The molecule has 1 aliphatic heterocycles. The molecule has 0 aliphatic carbocycles. The monoisotopic (exact) mass is 236 g/mol. The molecule has 0 aromatic carbocycles. The van der Waals surface area contributed by atoms with Crippen molar-refractivity contribution in [2.75, 3.05) is 37.6 Å². The molecule has 2 heterocycles. The summed E-state index contributed by atoms with van der Waals surface area (Å²) in [6.07, 6.45) is 3.29. The lowest BCUT2D eigenvalue weighted by atomic mass is 10.3. The maximum atomic E-state index is 8.50. The van der Waals surface area contributed by atoms with E-state index in [9.17, 15) is 0 Å². The lowest BCUT2D eigenvalue weighted by Crippen LogP contribution is -2.49. The molecule has 1 fully saturated rings. The summed E-state index contributed by atoms with van der Waals surface area (Å²) in [7, 11) is 0. The van der Waals surface area contributed by atoms with Crippen molar-refractivity contribution >= 4 is 11.7 Å². The van der Waals surface area contributed by atoms with Crippen LogP contribution in [0.25, 0.3) is 0 Å². The first-order valence-electron chi connectivity index (χ1n) is 5.49. The normalized spacial score (nSPS) is 18.4. The van der Waals surface area contributed by atoms with E-state index in [4.69, 9.17) is 10.9 Å². The van der Waals surface area contributed by atoms with Crippen LogP contribution in [0.15, 0.2) is 23.7 Å². The van der Waals surface area contributed by atoms with Crippen molar-refractivity contribution in [1.29, 1.82) is 0 Å². The van der Waals surface area contributed by atoms with E-state index in [2.05, 4.69) is 24.9 Å². The zero-order valence-electron chi connectivity index (χ0n) is 9.53. The summed E-state index contributed by atoms with van der Waals surface area (Å²) in [5.74, 6) is 1.20. The van der Waals surface area contributed by atoms with E-state index in [0.29, 0.717) is 6.54 Å². The first-order chi connectivity index (χ1) is 8.29. The summed E-state index contributed by atoms with van der Waals surface area (Å²) in [5, 5.41) is 11.5. The summed E-state index contributed by atoms with van der Waals surface area (Å²) >= 11 is 0. The fourth-order valence-corrected chi connectivity index (χ4v) is 1.87. The van der Waals surface area contributed by atoms with E-state index in [1.165, 1.54) is 0 Å². The second-order valence-electron chi connectivity index (χ2n) is 3.92. The number of aromatic nitrogens is 2. The third-order valence-corrected chi connectivity index (χ3v) is 2.78. The molecule has 0 radical (unpaired) electrons. The number of oxime groups is 1. The molecule has 17 heavy (non-hydrogen) atoms. The van der Waals surface area contributed by atoms with Crippen molar-refractivity contribution in [3.05, 3.63) is 18.6 Å². The van der Waals surface area contributed by atoms with Gasteiger partial charge in [-0.2, -0.15) is 0 Å². The van der Waals surface area contributed by atoms with Gasteiger partial charge in [0.15, 0.2) is 5.84 Å². The van der Waals surface area contributed by atoms with Crippen LogP contribution in [0.4, 0.5) is 5.82 Å². The molecule has 3 N–H and O–H groups in total. The van der Waals surface area contributed by atoms with Gasteiger partial charge in [-0.1, -0.05) is 5.16 Å². The average Bonchev–Trinajstić information content (AvgIpc) is 2.40. The summed E-state index contributed by atoms with van der Waals surface area (Å²) in [5.41, 5.74) is 5.47. The Labute approximate surface area is 99.6 Å². The minimum Gasteiger partial charge on any atom is -0.409 e. The van der Waals surface area contributed by atoms with E-state index in [1.807, 2.05) is 6.07 Å². The predicted octanol–water partition coefficient (Wildman–Crippen LogP) is -0.655. The minimum absolute atomic E-state index is 0.250. The standard InChI is InChI=1S/C10H16N6O/c11-9(14-17)7-15-3-5-16(6-4-15)10-1-2-12-8-13-10/h1-2,8,17H,3-7H2,(H2,11,14). The van der Waals surface area contributed by atoms with Gasteiger partial charge in [0.25, 0.3) is 0 Å². The Morgan fingerprint density at radius 2 is 2.18 bits per heavy atom. The van der Waals surface area contributed by atoms with Gasteiger partial charge in [0.05, 0.1) is 6.54 Å². The highest BCUT2D eigenvalue weighted by Crippen LogP contribution is 2.11. The Morgan fingerprint density at radius 1 is 1.41 bits per heavy atom. The SMILES string of the molecule is NC(CN1CCN(c2ccncn2)CC1)=NO. The molecule has 0 unspecified atom stereocenters. The molecule has 0 amide bonds.